The lowest BCUT2D eigenvalue weighted by atomic mass is 10.0. The van der Waals surface area contributed by atoms with Gasteiger partial charge in [-0.25, -0.2) is 4.39 Å². The molecule has 1 aliphatic rings. The molecule has 0 aliphatic carbocycles. The van der Waals surface area contributed by atoms with E-state index >= 15 is 0 Å². The Kier molecular flexibility index (Phi) is 4.79. The van der Waals surface area contributed by atoms with Crippen LogP contribution in [-0.2, 0) is 0 Å². The number of fused-ring (bicyclic) bond motifs is 1. The smallest absolute Gasteiger partial charge is 0.255 e. The minimum Gasteiger partial charge on any atom is -0.485 e. The number of benzene rings is 1. The normalized spacial score (nSPS) is 19.0. The summed E-state index contributed by atoms with van der Waals surface area (Å²) in [5, 5.41) is 7.37. The van der Waals surface area contributed by atoms with Crippen molar-refractivity contribution in [2.45, 2.75) is 58.7 Å². The molecule has 0 radical (unpaired) electrons. The summed E-state index contributed by atoms with van der Waals surface area (Å²) >= 11 is 0. The lowest BCUT2D eigenvalue weighted by Gasteiger charge is -2.18. The average molecular weight is 345 g/mol. The summed E-state index contributed by atoms with van der Waals surface area (Å²) in [5.74, 6) is -0.393. The maximum atomic E-state index is 13.9. The molecule has 1 aliphatic heterocycles. The van der Waals surface area contributed by atoms with Crippen molar-refractivity contribution in [3.05, 3.63) is 47.0 Å². The Hall–Kier alpha value is -2.37. The van der Waals surface area contributed by atoms with Crippen molar-refractivity contribution in [1.29, 1.82) is 0 Å². The Morgan fingerprint density at radius 3 is 2.80 bits per heavy atom. The fourth-order valence-corrected chi connectivity index (χ4v) is 3.46. The number of ether oxygens (including phenoxy) is 1. The highest BCUT2D eigenvalue weighted by Gasteiger charge is 2.35. The molecule has 2 atom stereocenters. The first-order valence-corrected chi connectivity index (χ1v) is 8.77. The fraction of sp³-hybridized carbons (Fsp3) is 0.474. The number of hydrogen-bond acceptors (Lipinski definition) is 3. The summed E-state index contributed by atoms with van der Waals surface area (Å²) in [6.07, 6.45) is 3.20. The van der Waals surface area contributed by atoms with Gasteiger partial charge in [0.1, 0.15) is 6.10 Å². The van der Waals surface area contributed by atoms with Gasteiger partial charge in [-0.3, -0.25) is 9.48 Å². The number of carbonyl (C=O) groups is 1. The maximum absolute atomic E-state index is 13.9. The largest absolute Gasteiger partial charge is 0.485 e. The van der Waals surface area contributed by atoms with E-state index in [2.05, 4.69) is 24.3 Å². The Morgan fingerprint density at radius 1 is 1.40 bits per heavy atom. The van der Waals surface area contributed by atoms with Crippen LogP contribution >= 0.6 is 0 Å². The maximum Gasteiger partial charge on any atom is 0.255 e. The summed E-state index contributed by atoms with van der Waals surface area (Å²) in [4.78, 5) is 12.8. The SMILES string of the molecule is CCC(CC)n1ncc(C(=O)N[C@H]2c3cccc(F)c3O[C@@H]2C)c1C. The molecule has 0 spiro atoms. The zero-order valence-corrected chi connectivity index (χ0v) is 15.0. The van der Waals surface area contributed by atoms with Gasteiger partial charge < -0.3 is 10.1 Å². The van der Waals surface area contributed by atoms with Crippen molar-refractivity contribution in [1.82, 2.24) is 15.1 Å². The van der Waals surface area contributed by atoms with Gasteiger partial charge in [-0.05, 0) is 32.8 Å². The number of amides is 1. The first-order valence-electron chi connectivity index (χ1n) is 8.77. The van der Waals surface area contributed by atoms with Crippen LogP contribution in [0.5, 0.6) is 5.75 Å². The minimum atomic E-state index is -0.404. The van der Waals surface area contributed by atoms with E-state index in [1.54, 1.807) is 18.3 Å². The van der Waals surface area contributed by atoms with Crippen LogP contribution < -0.4 is 10.1 Å². The van der Waals surface area contributed by atoms with Crippen molar-refractivity contribution in [2.75, 3.05) is 0 Å². The molecule has 1 N–H and O–H groups in total. The van der Waals surface area contributed by atoms with Crippen molar-refractivity contribution in [3.63, 3.8) is 0 Å². The molecule has 0 saturated carbocycles. The van der Waals surface area contributed by atoms with Gasteiger partial charge in [0.05, 0.1) is 23.8 Å². The highest BCUT2D eigenvalue weighted by Crippen LogP contribution is 2.38. The molecular formula is C19H24FN3O2. The Bertz CT molecular complexity index is 783. The van der Waals surface area contributed by atoms with Gasteiger partial charge in [0.25, 0.3) is 5.91 Å². The van der Waals surface area contributed by atoms with Crippen LogP contribution in [0.15, 0.2) is 24.4 Å². The number of nitrogens with one attached hydrogen (secondary N) is 1. The highest BCUT2D eigenvalue weighted by atomic mass is 19.1. The molecule has 134 valence electrons. The third kappa shape index (κ3) is 3.01. The number of aromatic nitrogens is 2. The molecule has 0 saturated heterocycles. The molecule has 6 heteroatoms. The van der Waals surface area contributed by atoms with E-state index in [1.807, 2.05) is 18.5 Å². The highest BCUT2D eigenvalue weighted by molar-refractivity contribution is 5.95. The number of carbonyl (C=O) groups excluding carboxylic acids is 1. The molecule has 2 aromatic rings. The van der Waals surface area contributed by atoms with Crippen molar-refractivity contribution < 1.29 is 13.9 Å². The standard InChI is InChI=1S/C19H24FN3O2/c1-5-13(6-2)23-11(3)15(10-21-23)19(24)22-17-12(4)25-18-14(17)8-7-9-16(18)20/h7-10,12-13,17H,5-6H2,1-4H3,(H,22,24)/t12-,17-/m1/s1. The molecule has 0 unspecified atom stereocenters. The van der Waals surface area contributed by atoms with Gasteiger partial charge in [0.2, 0.25) is 0 Å². The number of hydrogen-bond donors (Lipinski definition) is 1. The molecular weight excluding hydrogens is 321 g/mol. The van der Waals surface area contributed by atoms with Crippen LogP contribution in [0.4, 0.5) is 4.39 Å². The van der Waals surface area contributed by atoms with Gasteiger partial charge >= 0.3 is 0 Å². The zero-order chi connectivity index (χ0) is 18.1. The summed E-state index contributed by atoms with van der Waals surface area (Å²) in [7, 11) is 0. The molecule has 1 aromatic heterocycles. The molecule has 3 rings (SSSR count). The summed E-state index contributed by atoms with van der Waals surface area (Å²) in [5.41, 5.74) is 2.06. The first-order chi connectivity index (χ1) is 12.0. The molecule has 1 aromatic carbocycles. The molecule has 0 bridgehead atoms. The van der Waals surface area contributed by atoms with E-state index in [0.717, 1.165) is 18.5 Å². The van der Waals surface area contributed by atoms with Gasteiger partial charge in [0.15, 0.2) is 11.6 Å². The number of rotatable bonds is 5. The third-order valence-corrected chi connectivity index (χ3v) is 4.97. The second-order valence-electron chi connectivity index (χ2n) is 6.49. The van der Waals surface area contributed by atoms with E-state index in [4.69, 9.17) is 4.74 Å². The lowest BCUT2D eigenvalue weighted by Crippen LogP contribution is -2.34. The van der Waals surface area contributed by atoms with E-state index in [0.29, 0.717) is 11.1 Å². The minimum absolute atomic E-state index is 0.215. The van der Waals surface area contributed by atoms with Gasteiger partial charge in [-0.2, -0.15) is 5.10 Å². The van der Waals surface area contributed by atoms with Gasteiger partial charge in [-0.15, -0.1) is 0 Å². The van der Waals surface area contributed by atoms with Gasteiger partial charge in [-0.1, -0.05) is 26.0 Å². The molecule has 2 heterocycles. The van der Waals surface area contributed by atoms with Crippen molar-refractivity contribution in [2.24, 2.45) is 0 Å². The van der Waals surface area contributed by atoms with Gasteiger partial charge in [0, 0.05) is 11.3 Å². The number of halogens is 1. The summed E-state index contributed by atoms with van der Waals surface area (Å²) in [6, 6.07) is 4.68. The quantitative estimate of drug-likeness (QED) is 0.893. The average Bonchev–Trinajstić information content (AvgIpc) is 3.12. The summed E-state index contributed by atoms with van der Waals surface area (Å²) < 4.78 is 21.4. The summed E-state index contributed by atoms with van der Waals surface area (Å²) in [6.45, 7) is 7.95. The molecule has 0 fully saturated rings. The zero-order valence-electron chi connectivity index (χ0n) is 15.0. The number of para-hydroxylation sites is 1. The third-order valence-electron chi connectivity index (χ3n) is 4.97. The second kappa shape index (κ2) is 6.86. The van der Waals surface area contributed by atoms with Crippen LogP contribution in [0.3, 0.4) is 0 Å². The van der Waals surface area contributed by atoms with E-state index in [1.165, 1.54) is 6.07 Å². The molecule has 1 amide bonds. The Morgan fingerprint density at radius 2 is 2.12 bits per heavy atom. The lowest BCUT2D eigenvalue weighted by molar-refractivity contribution is 0.0906. The van der Waals surface area contributed by atoms with Crippen molar-refractivity contribution >= 4 is 5.91 Å². The van der Waals surface area contributed by atoms with Crippen molar-refractivity contribution in [3.8, 4) is 5.75 Å². The number of nitrogens with zero attached hydrogens (tertiary/aromatic N) is 2. The van der Waals surface area contributed by atoms with E-state index < -0.39 is 5.82 Å². The predicted octanol–water partition coefficient (Wildman–Crippen LogP) is 3.94. The van der Waals surface area contributed by atoms with Crippen LogP contribution in [0.25, 0.3) is 0 Å². The first kappa shape index (κ1) is 17.5. The van der Waals surface area contributed by atoms with Crippen LogP contribution in [0.1, 0.15) is 67.3 Å². The monoisotopic (exact) mass is 345 g/mol. The van der Waals surface area contributed by atoms with E-state index in [9.17, 15) is 9.18 Å². The van der Waals surface area contributed by atoms with Crippen LogP contribution in [0.2, 0.25) is 0 Å². The Labute approximate surface area is 147 Å². The molecule has 25 heavy (non-hydrogen) atoms. The van der Waals surface area contributed by atoms with Crippen LogP contribution in [-0.4, -0.2) is 21.8 Å². The Balaban J connectivity index is 1.84. The predicted molar refractivity (Wildman–Crippen MR) is 93.3 cm³/mol. The van der Waals surface area contributed by atoms with E-state index in [-0.39, 0.29) is 29.8 Å². The molecule has 5 nitrogen and oxygen atoms in total. The fourth-order valence-electron chi connectivity index (χ4n) is 3.46. The topological polar surface area (TPSA) is 56.2 Å². The second-order valence-corrected chi connectivity index (χ2v) is 6.49. The van der Waals surface area contributed by atoms with Crippen LogP contribution in [0, 0.1) is 12.7 Å².